The van der Waals surface area contributed by atoms with Crippen molar-refractivity contribution >= 4 is 22.8 Å². The van der Waals surface area contributed by atoms with Gasteiger partial charge in [-0.05, 0) is 24.3 Å². The molecule has 0 aliphatic carbocycles. The number of hydrogen-bond acceptors (Lipinski definition) is 4. The lowest BCUT2D eigenvalue weighted by Crippen LogP contribution is -2.29. The second-order valence-corrected chi connectivity index (χ2v) is 4.62. The number of rotatable bonds is 5. The molecule has 0 fully saturated rings. The van der Waals surface area contributed by atoms with Gasteiger partial charge in [0.25, 0.3) is 5.91 Å². The van der Waals surface area contributed by atoms with E-state index in [0.29, 0.717) is 0 Å². The van der Waals surface area contributed by atoms with Gasteiger partial charge in [-0.3, -0.25) is 15.0 Å². The number of furan rings is 1. The molecule has 0 radical (unpaired) electrons. The lowest BCUT2D eigenvalue weighted by molar-refractivity contribution is -0.116. The number of carbonyl (C=O) groups is 2. The van der Waals surface area contributed by atoms with Crippen molar-refractivity contribution in [1.29, 1.82) is 0 Å². The maximum absolute atomic E-state index is 11.9. The van der Waals surface area contributed by atoms with E-state index in [9.17, 15) is 9.59 Å². The molecule has 2 aromatic heterocycles. The number of benzene rings is 1. The van der Waals surface area contributed by atoms with Crippen LogP contribution in [0.15, 0.2) is 53.4 Å². The standard InChI is InChI=1S/C15H14N4O3/c20-14(7-8-16-15(21)13-6-3-9-22-13)18-19-10-17-11-4-1-2-5-12(11)19/h1-6,9-10H,7-8H2,(H,16,21)(H,18,20). The second kappa shape index (κ2) is 6.13. The third kappa shape index (κ3) is 2.98. The Hall–Kier alpha value is -3.09. The average Bonchev–Trinajstić information content (AvgIpc) is 3.17. The van der Waals surface area contributed by atoms with Gasteiger partial charge in [-0.2, -0.15) is 0 Å². The minimum atomic E-state index is -0.342. The molecule has 3 rings (SSSR count). The van der Waals surface area contributed by atoms with Crippen LogP contribution in [0, 0.1) is 0 Å². The fourth-order valence-corrected chi connectivity index (χ4v) is 2.02. The van der Waals surface area contributed by atoms with E-state index in [2.05, 4.69) is 15.7 Å². The summed E-state index contributed by atoms with van der Waals surface area (Å²) in [6.07, 6.45) is 3.12. The fourth-order valence-electron chi connectivity index (χ4n) is 2.02. The molecule has 2 amide bonds. The Kier molecular flexibility index (Phi) is 3.86. The summed E-state index contributed by atoms with van der Waals surface area (Å²) in [5, 5.41) is 2.61. The molecule has 0 bridgehead atoms. The summed E-state index contributed by atoms with van der Waals surface area (Å²) in [5.74, 6) is -0.338. The van der Waals surface area contributed by atoms with Crippen molar-refractivity contribution in [3.8, 4) is 0 Å². The summed E-state index contributed by atoms with van der Waals surface area (Å²) >= 11 is 0. The molecule has 0 aliphatic rings. The average molecular weight is 298 g/mol. The van der Waals surface area contributed by atoms with Gasteiger partial charge in [0.05, 0.1) is 17.3 Å². The summed E-state index contributed by atoms with van der Waals surface area (Å²) < 4.78 is 6.52. The number of nitrogens with one attached hydrogen (secondary N) is 2. The molecule has 0 saturated heterocycles. The van der Waals surface area contributed by atoms with E-state index < -0.39 is 0 Å². The van der Waals surface area contributed by atoms with Crippen molar-refractivity contribution in [2.24, 2.45) is 0 Å². The maximum atomic E-state index is 11.9. The van der Waals surface area contributed by atoms with Gasteiger partial charge in [0.1, 0.15) is 6.33 Å². The van der Waals surface area contributed by atoms with Crippen LogP contribution in [-0.4, -0.2) is 28.0 Å². The number of hydrogen-bond donors (Lipinski definition) is 2. The minimum Gasteiger partial charge on any atom is -0.459 e. The smallest absolute Gasteiger partial charge is 0.286 e. The molecule has 0 aliphatic heterocycles. The van der Waals surface area contributed by atoms with Crippen LogP contribution < -0.4 is 10.7 Å². The van der Waals surface area contributed by atoms with Gasteiger partial charge >= 0.3 is 0 Å². The maximum Gasteiger partial charge on any atom is 0.286 e. The lowest BCUT2D eigenvalue weighted by Gasteiger charge is -2.07. The molecule has 112 valence electrons. The van der Waals surface area contributed by atoms with Gasteiger partial charge in [-0.15, -0.1) is 0 Å². The van der Waals surface area contributed by atoms with Crippen LogP contribution in [-0.2, 0) is 4.79 Å². The number of fused-ring (bicyclic) bond motifs is 1. The molecule has 2 heterocycles. The molecule has 7 nitrogen and oxygen atoms in total. The Morgan fingerprint density at radius 1 is 1.18 bits per heavy atom. The third-order valence-electron chi connectivity index (χ3n) is 3.08. The van der Waals surface area contributed by atoms with Crippen molar-refractivity contribution in [3.05, 3.63) is 54.7 Å². The first-order chi connectivity index (χ1) is 10.7. The molecule has 1 aromatic carbocycles. The van der Waals surface area contributed by atoms with Crippen LogP contribution in [0.3, 0.4) is 0 Å². The molecular formula is C15H14N4O3. The van der Waals surface area contributed by atoms with Gasteiger partial charge in [-0.25, -0.2) is 9.66 Å². The molecule has 3 aromatic rings. The van der Waals surface area contributed by atoms with E-state index >= 15 is 0 Å². The molecule has 0 spiro atoms. The largest absolute Gasteiger partial charge is 0.459 e. The minimum absolute atomic E-state index is 0.152. The normalized spacial score (nSPS) is 10.5. The number of amides is 2. The quantitative estimate of drug-likeness (QED) is 0.747. The number of imidazole rings is 1. The number of nitrogens with zero attached hydrogens (tertiary/aromatic N) is 2. The first-order valence-electron chi connectivity index (χ1n) is 6.78. The van der Waals surface area contributed by atoms with Crippen molar-refractivity contribution in [1.82, 2.24) is 15.0 Å². The van der Waals surface area contributed by atoms with Crippen LogP contribution in [0.5, 0.6) is 0 Å². The summed E-state index contributed by atoms with van der Waals surface area (Å²) in [6.45, 7) is 0.220. The van der Waals surface area contributed by atoms with Gasteiger partial charge in [0, 0.05) is 13.0 Å². The van der Waals surface area contributed by atoms with Crippen LogP contribution in [0.1, 0.15) is 17.0 Å². The highest BCUT2D eigenvalue weighted by Crippen LogP contribution is 2.09. The monoisotopic (exact) mass is 298 g/mol. The lowest BCUT2D eigenvalue weighted by atomic mass is 10.3. The molecule has 0 unspecified atom stereocenters. The number of para-hydroxylation sites is 2. The van der Waals surface area contributed by atoms with Gasteiger partial charge in [-0.1, -0.05) is 12.1 Å². The van der Waals surface area contributed by atoms with Gasteiger partial charge in [0.15, 0.2) is 5.76 Å². The van der Waals surface area contributed by atoms with Crippen LogP contribution in [0.25, 0.3) is 11.0 Å². The summed E-state index contributed by atoms with van der Waals surface area (Å²) in [7, 11) is 0. The highest BCUT2D eigenvalue weighted by Gasteiger charge is 2.09. The predicted octanol–water partition coefficient (Wildman–Crippen LogP) is 1.52. The van der Waals surface area contributed by atoms with Crippen molar-refractivity contribution in [3.63, 3.8) is 0 Å². The predicted molar refractivity (Wildman–Crippen MR) is 79.8 cm³/mol. The van der Waals surface area contributed by atoms with E-state index in [0.717, 1.165) is 11.0 Å². The number of carbonyl (C=O) groups excluding carboxylic acids is 2. The molecule has 0 atom stereocenters. The summed E-state index contributed by atoms with van der Waals surface area (Å²) in [6, 6.07) is 10.7. The molecule has 7 heteroatoms. The first kappa shape index (κ1) is 13.9. The number of aromatic nitrogens is 2. The zero-order chi connectivity index (χ0) is 15.4. The SMILES string of the molecule is O=C(CCNC(=O)c1ccco1)Nn1cnc2ccccc21. The van der Waals surface area contributed by atoms with Gasteiger partial charge in [0.2, 0.25) is 5.91 Å². The topological polar surface area (TPSA) is 89.2 Å². The molecule has 0 saturated carbocycles. The zero-order valence-corrected chi connectivity index (χ0v) is 11.7. The van der Waals surface area contributed by atoms with Crippen LogP contribution in [0.2, 0.25) is 0 Å². The third-order valence-corrected chi connectivity index (χ3v) is 3.08. The van der Waals surface area contributed by atoms with E-state index in [-0.39, 0.29) is 30.5 Å². The van der Waals surface area contributed by atoms with Crippen molar-refractivity contribution < 1.29 is 14.0 Å². The van der Waals surface area contributed by atoms with Crippen molar-refractivity contribution in [2.45, 2.75) is 6.42 Å². The summed E-state index contributed by atoms with van der Waals surface area (Å²) in [5.41, 5.74) is 4.33. The Morgan fingerprint density at radius 2 is 2.05 bits per heavy atom. The van der Waals surface area contributed by atoms with Crippen molar-refractivity contribution in [2.75, 3.05) is 12.0 Å². The zero-order valence-electron chi connectivity index (χ0n) is 11.7. The molecular weight excluding hydrogens is 284 g/mol. The molecule has 22 heavy (non-hydrogen) atoms. The molecule has 2 N–H and O–H groups in total. The fraction of sp³-hybridized carbons (Fsp3) is 0.133. The highest BCUT2D eigenvalue weighted by atomic mass is 16.3. The second-order valence-electron chi connectivity index (χ2n) is 4.62. The van der Waals surface area contributed by atoms with Crippen LogP contribution >= 0.6 is 0 Å². The Balaban J connectivity index is 1.51. The van der Waals surface area contributed by atoms with E-state index in [1.54, 1.807) is 23.1 Å². The Labute approximate surface area is 125 Å². The highest BCUT2D eigenvalue weighted by molar-refractivity contribution is 5.92. The van der Waals surface area contributed by atoms with E-state index in [1.807, 2.05) is 24.3 Å². The van der Waals surface area contributed by atoms with Gasteiger partial charge < -0.3 is 9.73 Å². The summed E-state index contributed by atoms with van der Waals surface area (Å²) in [4.78, 5) is 27.7. The van der Waals surface area contributed by atoms with Crippen LogP contribution in [0.4, 0.5) is 0 Å². The van der Waals surface area contributed by atoms with E-state index in [1.165, 1.54) is 6.26 Å². The Morgan fingerprint density at radius 3 is 2.86 bits per heavy atom. The van der Waals surface area contributed by atoms with E-state index in [4.69, 9.17) is 4.42 Å². The first-order valence-corrected chi connectivity index (χ1v) is 6.78. The Bertz CT molecular complexity index is 792.